The second-order valence-electron chi connectivity index (χ2n) is 6.49. The highest BCUT2D eigenvalue weighted by atomic mass is 16.5. The number of benzene rings is 2. The van der Waals surface area contributed by atoms with Crippen LogP contribution in [-0.4, -0.2) is 24.1 Å². The van der Waals surface area contributed by atoms with Gasteiger partial charge in [-0.15, -0.1) is 0 Å². The minimum Gasteiger partial charge on any atom is -0.484 e. The molecule has 2 aromatic carbocycles. The zero-order chi connectivity index (χ0) is 19.6. The number of carbonyl (C=O) groups excluding carboxylic acids is 2. The number of hydrogen-bond acceptors (Lipinski definition) is 4. The van der Waals surface area contributed by atoms with E-state index in [0.29, 0.717) is 17.4 Å². The molecule has 0 atom stereocenters. The van der Waals surface area contributed by atoms with E-state index in [1.807, 2.05) is 42.5 Å². The lowest BCUT2D eigenvalue weighted by atomic mass is 10.0. The number of amides is 2. The molecule has 0 unspecified atom stereocenters. The second kappa shape index (κ2) is 10.1. The number of anilines is 1. The highest BCUT2D eigenvalue weighted by molar-refractivity contribution is 6.05. The lowest BCUT2D eigenvalue weighted by Gasteiger charge is -2.08. The monoisotopic (exact) mass is 367 g/mol. The number of ether oxygens (including phenoxy) is 1. The molecule has 0 heterocycles. The summed E-state index contributed by atoms with van der Waals surface area (Å²) in [7, 11) is 0. The lowest BCUT2D eigenvalue weighted by Crippen LogP contribution is -2.26. The minimum atomic E-state index is -0.384. The number of rotatable bonds is 8. The molecule has 0 aliphatic heterocycles. The third kappa shape index (κ3) is 7.32. The average Bonchev–Trinajstić information content (AvgIpc) is 2.65. The number of para-hydroxylation sites is 1. The third-order valence-corrected chi connectivity index (χ3v) is 3.76. The molecule has 0 aliphatic rings. The first-order chi connectivity index (χ1) is 12.9. The summed E-state index contributed by atoms with van der Waals surface area (Å²) in [5, 5.41) is 6.69. The Kier molecular flexibility index (Phi) is 7.55. The maximum absolute atomic E-state index is 11.9. The summed E-state index contributed by atoms with van der Waals surface area (Å²) in [5.41, 5.74) is 4.82. The summed E-state index contributed by atoms with van der Waals surface area (Å²) in [5.74, 6) is 0.486. The van der Waals surface area contributed by atoms with E-state index < -0.39 is 0 Å². The van der Waals surface area contributed by atoms with Crippen molar-refractivity contribution >= 4 is 23.2 Å². The molecule has 6 heteroatoms. The predicted molar refractivity (Wildman–Crippen MR) is 107 cm³/mol. The van der Waals surface area contributed by atoms with Gasteiger partial charge in [-0.1, -0.05) is 44.2 Å². The van der Waals surface area contributed by atoms with Gasteiger partial charge in [-0.3, -0.25) is 9.59 Å². The fourth-order valence-electron chi connectivity index (χ4n) is 2.29. The summed E-state index contributed by atoms with van der Waals surface area (Å²) in [6, 6.07) is 16.8. The van der Waals surface area contributed by atoms with Crippen LogP contribution in [0.5, 0.6) is 5.75 Å². The van der Waals surface area contributed by atoms with Gasteiger partial charge in [0.25, 0.3) is 5.91 Å². The first kappa shape index (κ1) is 20.2. The van der Waals surface area contributed by atoms with E-state index in [1.54, 1.807) is 19.1 Å². The molecular formula is C21H25N3O3. The van der Waals surface area contributed by atoms with Crippen molar-refractivity contribution in [2.75, 3.05) is 11.9 Å². The third-order valence-electron chi connectivity index (χ3n) is 3.76. The van der Waals surface area contributed by atoms with Crippen LogP contribution in [0, 0.1) is 0 Å². The highest BCUT2D eigenvalue weighted by Gasteiger charge is 2.06. The van der Waals surface area contributed by atoms with Crippen molar-refractivity contribution < 1.29 is 14.3 Å². The summed E-state index contributed by atoms with van der Waals surface area (Å²) in [6.07, 6.45) is 0.0900. The Balaban J connectivity index is 1.73. The van der Waals surface area contributed by atoms with E-state index in [4.69, 9.17) is 4.74 Å². The van der Waals surface area contributed by atoms with Crippen LogP contribution in [0.4, 0.5) is 5.69 Å². The van der Waals surface area contributed by atoms with E-state index in [-0.39, 0.29) is 24.8 Å². The van der Waals surface area contributed by atoms with Crippen LogP contribution in [0.1, 0.15) is 38.7 Å². The fraction of sp³-hybridized carbons (Fsp3) is 0.286. The Morgan fingerprint density at radius 2 is 1.67 bits per heavy atom. The summed E-state index contributed by atoms with van der Waals surface area (Å²) in [6.45, 7) is 5.76. The standard InChI is InChI=1S/C21H25N3O3/c1-15(2)17-9-11-19(12-10-17)27-14-21(26)24-23-16(3)13-20(25)22-18-7-5-4-6-8-18/h4-12,15H,13-14H2,1-3H3,(H,22,25)(H,24,26). The van der Waals surface area contributed by atoms with Crippen molar-refractivity contribution in [3.63, 3.8) is 0 Å². The van der Waals surface area contributed by atoms with Gasteiger partial charge in [-0.2, -0.15) is 5.10 Å². The molecule has 2 N–H and O–H groups in total. The molecule has 0 saturated heterocycles. The molecule has 0 aliphatic carbocycles. The van der Waals surface area contributed by atoms with E-state index in [1.165, 1.54) is 5.56 Å². The van der Waals surface area contributed by atoms with Gasteiger partial charge in [-0.05, 0) is 42.7 Å². The van der Waals surface area contributed by atoms with Crippen molar-refractivity contribution in [1.82, 2.24) is 5.43 Å². The van der Waals surface area contributed by atoms with Gasteiger partial charge in [0.2, 0.25) is 5.91 Å². The molecule has 0 spiro atoms. The van der Waals surface area contributed by atoms with E-state index in [2.05, 4.69) is 29.7 Å². The zero-order valence-corrected chi connectivity index (χ0v) is 15.9. The van der Waals surface area contributed by atoms with E-state index in [0.717, 1.165) is 5.69 Å². The maximum Gasteiger partial charge on any atom is 0.277 e. The predicted octanol–water partition coefficient (Wildman–Crippen LogP) is 3.71. The molecule has 0 bridgehead atoms. The summed E-state index contributed by atoms with van der Waals surface area (Å²) >= 11 is 0. The first-order valence-electron chi connectivity index (χ1n) is 8.83. The molecule has 27 heavy (non-hydrogen) atoms. The Hall–Kier alpha value is -3.15. The number of nitrogens with zero attached hydrogens (tertiary/aromatic N) is 1. The van der Waals surface area contributed by atoms with Crippen LogP contribution in [0.2, 0.25) is 0 Å². The topological polar surface area (TPSA) is 79.8 Å². The largest absolute Gasteiger partial charge is 0.484 e. The van der Waals surface area contributed by atoms with Crippen LogP contribution in [0.3, 0.4) is 0 Å². The van der Waals surface area contributed by atoms with Crippen LogP contribution in [0.15, 0.2) is 59.7 Å². The molecule has 142 valence electrons. The quantitative estimate of drug-likeness (QED) is 0.551. The van der Waals surface area contributed by atoms with Crippen LogP contribution < -0.4 is 15.5 Å². The van der Waals surface area contributed by atoms with Crippen molar-refractivity contribution in [2.24, 2.45) is 5.10 Å². The van der Waals surface area contributed by atoms with Gasteiger partial charge in [-0.25, -0.2) is 5.43 Å². The molecule has 2 rings (SSSR count). The Morgan fingerprint density at radius 1 is 1.00 bits per heavy atom. The van der Waals surface area contributed by atoms with Crippen LogP contribution >= 0.6 is 0 Å². The van der Waals surface area contributed by atoms with Gasteiger partial charge >= 0.3 is 0 Å². The highest BCUT2D eigenvalue weighted by Crippen LogP contribution is 2.18. The number of hydrazone groups is 1. The molecule has 0 radical (unpaired) electrons. The van der Waals surface area contributed by atoms with Gasteiger partial charge < -0.3 is 10.1 Å². The van der Waals surface area contributed by atoms with Crippen molar-refractivity contribution in [3.05, 3.63) is 60.2 Å². The molecule has 2 amide bonds. The molecule has 0 fully saturated rings. The molecule has 6 nitrogen and oxygen atoms in total. The molecule has 0 aromatic heterocycles. The smallest absolute Gasteiger partial charge is 0.277 e. The Morgan fingerprint density at radius 3 is 2.30 bits per heavy atom. The fourth-order valence-corrected chi connectivity index (χ4v) is 2.29. The van der Waals surface area contributed by atoms with Crippen molar-refractivity contribution in [3.8, 4) is 5.75 Å². The number of nitrogens with one attached hydrogen (secondary N) is 2. The average molecular weight is 367 g/mol. The SMILES string of the molecule is CC(CC(=O)Nc1ccccc1)=NNC(=O)COc1ccc(C(C)C)cc1. The van der Waals surface area contributed by atoms with Gasteiger partial charge in [0.1, 0.15) is 5.75 Å². The number of carbonyl (C=O) groups is 2. The summed E-state index contributed by atoms with van der Waals surface area (Å²) in [4.78, 5) is 23.8. The van der Waals surface area contributed by atoms with E-state index in [9.17, 15) is 9.59 Å². The minimum absolute atomic E-state index is 0.0900. The molecule has 0 saturated carbocycles. The Labute approximate surface area is 159 Å². The second-order valence-corrected chi connectivity index (χ2v) is 6.49. The van der Waals surface area contributed by atoms with Crippen LogP contribution in [0.25, 0.3) is 0 Å². The van der Waals surface area contributed by atoms with Crippen molar-refractivity contribution in [1.29, 1.82) is 0 Å². The van der Waals surface area contributed by atoms with Crippen molar-refractivity contribution in [2.45, 2.75) is 33.1 Å². The van der Waals surface area contributed by atoms with Gasteiger partial charge in [0, 0.05) is 11.4 Å². The van der Waals surface area contributed by atoms with E-state index >= 15 is 0 Å². The lowest BCUT2D eigenvalue weighted by molar-refractivity contribution is -0.123. The first-order valence-corrected chi connectivity index (χ1v) is 8.83. The maximum atomic E-state index is 11.9. The normalized spacial score (nSPS) is 11.2. The Bertz CT molecular complexity index is 784. The molecule has 2 aromatic rings. The molecular weight excluding hydrogens is 342 g/mol. The number of hydrogen-bond donors (Lipinski definition) is 2. The van der Waals surface area contributed by atoms with Crippen LogP contribution in [-0.2, 0) is 9.59 Å². The zero-order valence-electron chi connectivity index (χ0n) is 15.9. The van der Waals surface area contributed by atoms with Gasteiger partial charge in [0.05, 0.1) is 6.42 Å². The van der Waals surface area contributed by atoms with Gasteiger partial charge in [0.15, 0.2) is 6.61 Å². The summed E-state index contributed by atoms with van der Waals surface area (Å²) < 4.78 is 5.43.